The summed E-state index contributed by atoms with van der Waals surface area (Å²) in [7, 11) is 0. The number of carbonyl (C=O) groups excluding carboxylic acids is 2. The van der Waals surface area contributed by atoms with Gasteiger partial charge in [0.2, 0.25) is 5.91 Å². The van der Waals surface area contributed by atoms with E-state index < -0.39 is 5.97 Å². The standard InChI is InChI=1S/C13H18N2O5/c1-9(2)15(7-12(17)18)11(16)3-5-14-13(19)10-4-6-20-8-10/h4,6,8-9H,3,5,7H2,1-2H3,(H,14,19)(H,17,18). The minimum absolute atomic E-state index is 0.0506. The van der Waals surface area contributed by atoms with Gasteiger partial charge >= 0.3 is 5.97 Å². The molecule has 0 aliphatic carbocycles. The van der Waals surface area contributed by atoms with E-state index in [1.165, 1.54) is 23.5 Å². The van der Waals surface area contributed by atoms with Crippen LogP contribution in [0.1, 0.15) is 30.6 Å². The predicted molar refractivity (Wildman–Crippen MR) is 70.1 cm³/mol. The molecule has 20 heavy (non-hydrogen) atoms. The van der Waals surface area contributed by atoms with Crippen molar-refractivity contribution in [1.82, 2.24) is 10.2 Å². The van der Waals surface area contributed by atoms with Gasteiger partial charge in [-0.05, 0) is 19.9 Å². The van der Waals surface area contributed by atoms with E-state index in [0.717, 1.165) is 0 Å². The number of carboxylic acids is 1. The van der Waals surface area contributed by atoms with Crippen molar-refractivity contribution in [3.05, 3.63) is 24.2 Å². The van der Waals surface area contributed by atoms with Gasteiger partial charge in [-0.1, -0.05) is 0 Å². The Morgan fingerprint density at radius 1 is 1.40 bits per heavy atom. The summed E-state index contributed by atoms with van der Waals surface area (Å²) in [5.74, 6) is -1.70. The third-order valence-electron chi connectivity index (χ3n) is 2.66. The van der Waals surface area contributed by atoms with Gasteiger partial charge in [-0.15, -0.1) is 0 Å². The maximum absolute atomic E-state index is 11.9. The largest absolute Gasteiger partial charge is 0.480 e. The number of aliphatic carboxylic acids is 1. The second-order valence-corrected chi connectivity index (χ2v) is 4.53. The molecule has 0 bridgehead atoms. The molecule has 0 fully saturated rings. The van der Waals surface area contributed by atoms with Gasteiger partial charge in [-0.3, -0.25) is 14.4 Å². The molecule has 110 valence electrons. The number of rotatable bonds is 7. The van der Waals surface area contributed by atoms with Crippen LogP contribution in [0.25, 0.3) is 0 Å². The van der Waals surface area contributed by atoms with Crippen LogP contribution in [-0.2, 0) is 9.59 Å². The van der Waals surface area contributed by atoms with Gasteiger partial charge in [0.15, 0.2) is 0 Å². The summed E-state index contributed by atoms with van der Waals surface area (Å²) in [6.07, 6.45) is 2.74. The van der Waals surface area contributed by atoms with Gasteiger partial charge in [0.25, 0.3) is 5.91 Å². The van der Waals surface area contributed by atoms with Crippen molar-refractivity contribution in [3.63, 3.8) is 0 Å². The Bertz CT molecular complexity index is 467. The lowest BCUT2D eigenvalue weighted by Crippen LogP contribution is -2.42. The van der Waals surface area contributed by atoms with Crippen LogP contribution < -0.4 is 5.32 Å². The first kappa shape index (κ1) is 15.7. The zero-order chi connectivity index (χ0) is 15.1. The summed E-state index contributed by atoms with van der Waals surface area (Å²) < 4.78 is 4.78. The fourth-order valence-electron chi connectivity index (χ4n) is 1.63. The smallest absolute Gasteiger partial charge is 0.323 e. The Morgan fingerprint density at radius 3 is 2.60 bits per heavy atom. The highest BCUT2D eigenvalue weighted by atomic mass is 16.4. The Hall–Kier alpha value is -2.31. The summed E-state index contributed by atoms with van der Waals surface area (Å²) >= 11 is 0. The average Bonchev–Trinajstić information content (AvgIpc) is 2.88. The van der Waals surface area contributed by atoms with Crippen molar-refractivity contribution in [1.29, 1.82) is 0 Å². The molecule has 0 unspecified atom stereocenters. The van der Waals surface area contributed by atoms with Crippen LogP contribution in [0, 0.1) is 0 Å². The molecular formula is C13H18N2O5. The molecule has 2 N–H and O–H groups in total. The van der Waals surface area contributed by atoms with Crippen LogP contribution in [0.5, 0.6) is 0 Å². The van der Waals surface area contributed by atoms with E-state index in [2.05, 4.69) is 5.32 Å². The van der Waals surface area contributed by atoms with E-state index in [-0.39, 0.29) is 37.4 Å². The van der Waals surface area contributed by atoms with Crippen LogP contribution in [0.2, 0.25) is 0 Å². The molecule has 2 amide bonds. The summed E-state index contributed by atoms with van der Waals surface area (Å²) in [4.78, 5) is 35.4. The number of hydrogen-bond donors (Lipinski definition) is 2. The van der Waals surface area contributed by atoms with E-state index in [4.69, 9.17) is 9.52 Å². The number of nitrogens with zero attached hydrogens (tertiary/aromatic N) is 1. The number of carboxylic acid groups (broad SMARTS) is 1. The highest BCUT2D eigenvalue weighted by molar-refractivity contribution is 5.94. The first-order chi connectivity index (χ1) is 9.41. The molecule has 0 aliphatic rings. The van der Waals surface area contributed by atoms with Crippen molar-refractivity contribution in [3.8, 4) is 0 Å². The molecule has 7 heteroatoms. The number of furan rings is 1. The molecule has 0 aromatic carbocycles. The lowest BCUT2D eigenvalue weighted by atomic mass is 10.2. The zero-order valence-corrected chi connectivity index (χ0v) is 11.5. The molecule has 1 rings (SSSR count). The quantitative estimate of drug-likeness (QED) is 0.767. The van der Waals surface area contributed by atoms with Gasteiger partial charge < -0.3 is 19.7 Å². The number of carbonyl (C=O) groups is 3. The van der Waals surface area contributed by atoms with E-state index >= 15 is 0 Å². The molecule has 0 saturated carbocycles. The molecule has 1 aromatic rings. The molecule has 0 spiro atoms. The Balaban J connectivity index is 2.41. The topological polar surface area (TPSA) is 99.9 Å². The highest BCUT2D eigenvalue weighted by Gasteiger charge is 2.19. The SMILES string of the molecule is CC(C)N(CC(=O)O)C(=O)CCNC(=O)c1ccoc1. The van der Waals surface area contributed by atoms with E-state index in [1.54, 1.807) is 13.8 Å². The van der Waals surface area contributed by atoms with Crippen LogP contribution in [0.4, 0.5) is 0 Å². The van der Waals surface area contributed by atoms with Crippen LogP contribution in [0.15, 0.2) is 23.0 Å². The second kappa shape index (κ2) is 7.32. The first-order valence-corrected chi connectivity index (χ1v) is 6.23. The van der Waals surface area contributed by atoms with E-state index in [9.17, 15) is 14.4 Å². The maximum Gasteiger partial charge on any atom is 0.323 e. The number of nitrogens with one attached hydrogen (secondary N) is 1. The lowest BCUT2D eigenvalue weighted by Gasteiger charge is -2.24. The molecule has 0 atom stereocenters. The van der Waals surface area contributed by atoms with Crippen LogP contribution in [-0.4, -0.2) is 46.9 Å². The highest BCUT2D eigenvalue weighted by Crippen LogP contribution is 2.02. The Labute approximate surface area is 116 Å². The van der Waals surface area contributed by atoms with Gasteiger partial charge in [-0.2, -0.15) is 0 Å². The summed E-state index contributed by atoms with van der Waals surface area (Å²) in [6, 6.07) is 1.31. The van der Waals surface area contributed by atoms with Gasteiger partial charge in [0, 0.05) is 19.0 Å². The molecule has 0 saturated heterocycles. The Morgan fingerprint density at radius 2 is 2.10 bits per heavy atom. The van der Waals surface area contributed by atoms with E-state index in [1.807, 2.05) is 0 Å². The van der Waals surface area contributed by atoms with Crippen LogP contribution in [0.3, 0.4) is 0 Å². The fraction of sp³-hybridized carbons (Fsp3) is 0.462. The molecule has 0 radical (unpaired) electrons. The fourth-order valence-corrected chi connectivity index (χ4v) is 1.63. The van der Waals surface area contributed by atoms with Gasteiger partial charge in [0.1, 0.15) is 12.8 Å². The monoisotopic (exact) mass is 282 g/mol. The molecular weight excluding hydrogens is 264 g/mol. The van der Waals surface area contributed by atoms with Crippen molar-refractivity contribution >= 4 is 17.8 Å². The third kappa shape index (κ3) is 4.75. The number of amides is 2. The molecule has 1 aromatic heterocycles. The van der Waals surface area contributed by atoms with Gasteiger partial charge in [0.05, 0.1) is 11.8 Å². The zero-order valence-electron chi connectivity index (χ0n) is 11.5. The average molecular weight is 282 g/mol. The van der Waals surface area contributed by atoms with E-state index in [0.29, 0.717) is 5.56 Å². The van der Waals surface area contributed by atoms with Crippen molar-refractivity contribution in [2.75, 3.05) is 13.1 Å². The third-order valence-corrected chi connectivity index (χ3v) is 2.66. The first-order valence-electron chi connectivity index (χ1n) is 6.23. The Kier molecular flexibility index (Phi) is 5.76. The van der Waals surface area contributed by atoms with Gasteiger partial charge in [-0.25, -0.2) is 0 Å². The van der Waals surface area contributed by atoms with Crippen molar-refractivity contribution in [2.24, 2.45) is 0 Å². The van der Waals surface area contributed by atoms with Crippen LogP contribution >= 0.6 is 0 Å². The summed E-state index contributed by atoms with van der Waals surface area (Å²) in [5.41, 5.74) is 0.378. The lowest BCUT2D eigenvalue weighted by molar-refractivity contribution is -0.145. The predicted octanol–water partition coefficient (Wildman–Crippen LogP) is 0.721. The number of hydrogen-bond acceptors (Lipinski definition) is 4. The van der Waals surface area contributed by atoms with Crippen molar-refractivity contribution < 1.29 is 23.9 Å². The minimum Gasteiger partial charge on any atom is -0.480 e. The second-order valence-electron chi connectivity index (χ2n) is 4.53. The minimum atomic E-state index is -1.06. The molecule has 0 aliphatic heterocycles. The summed E-state index contributed by atoms with van der Waals surface area (Å²) in [5, 5.41) is 11.3. The summed E-state index contributed by atoms with van der Waals surface area (Å²) in [6.45, 7) is 3.29. The molecule has 7 nitrogen and oxygen atoms in total. The van der Waals surface area contributed by atoms with Crippen molar-refractivity contribution in [2.45, 2.75) is 26.3 Å². The maximum atomic E-state index is 11.9. The normalized spacial score (nSPS) is 10.3. The molecule has 1 heterocycles.